The Labute approximate surface area is 211 Å². The summed E-state index contributed by atoms with van der Waals surface area (Å²) in [6.07, 6.45) is -8.26. The van der Waals surface area contributed by atoms with Gasteiger partial charge in [0.2, 0.25) is 0 Å². The summed E-state index contributed by atoms with van der Waals surface area (Å²) in [7, 11) is 0. The van der Waals surface area contributed by atoms with Crippen molar-refractivity contribution in [2.24, 2.45) is 28.6 Å². The standard InChI is InChI=1S/C26H42O10/c1-11-13-6-5-12-7-25(13,10-24(12,4)33)8-15(28)26(34)16(11)18(30)21(23(26,2)3)36-22-20(32)19(31)17(29)14(9-27)35-22/h12-22,27-34H,1,5-10H2,2-4H3/t12-,13+,14-,15-,16-,17-,18+,19+,20-,21+,22+,24-,25-,26-/m1/s1. The van der Waals surface area contributed by atoms with Crippen molar-refractivity contribution in [3.05, 3.63) is 12.2 Å². The van der Waals surface area contributed by atoms with Crippen molar-refractivity contribution in [2.45, 2.75) is 113 Å². The molecule has 14 atom stereocenters. The van der Waals surface area contributed by atoms with Gasteiger partial charge in [0.1, 0.15) is 30.0 Å². The summed E-state index contributed by atoms with van der Waals surface area (Å²) in [5, 5.41) is 86.9. The summed E-state index contributed by atoms with van der Waals surface area (Å²) < 4.78 is 11.5. The molecule has 1 heterocycles. The van der Waals surface area contributed by atoms with Crippen LogP contribution in [0.2, 0.25) is 0 Å². The zero-order chi connectivity index (χ0) is 26.6. The lowest BCUT2D eigenvalue weighted by atomic mass is 9.62. The van der Waals surface area contributed by atoms with Crippen LogP contribution in [0.15, 0.2) is 12.2 Å². The van der Waals surface area contributed by atoms with E-state index in [1.54, 1.807) is 13.8 Å². The Morgan fingerprint density at radius 1 is 0.944 bits per heavy atom. The first-order chi connectivity index (χ1) is 16.6. The minimum absolute atomic E-state index is 0.104. The zero-order valence-corrected chi connectivity index (χ0v) is 21.2. The topological polar surface area (TPSA) is 180 Å². The fraction of sp³-hybridized carbons (Fsp3) is 0.923. The fourth-order valence-electron chi connectivity index (χ4n) is 8.83. The number of hydrogen-bond acceptors (Lipinski definition) is 10. The molecule has 0 aromatic carbocycles. The Morgan fingerprint density at radius 2 is 1.61 bits per heavy atom. The van der Waals surface area contributed by atoms with Crippen molar-refractivity contribution in [1.82, 2.24) is 0 Å². The second-order valence-corrected chi connectivity index (χ2v) is 13.0. The second kappa shape index (κ2) is 8.42. The van der Waals surface area contributed by atoms with E-state index in [2.05, 4.69) is 6.58 Å². The van der Waals surface area contributed by atoms with Crippen LogP contribution in [0, 0.1) is 28.6 Å². The van der Waals surface area contributed by atoms with E-state index in [1.165, 1.54) is 0 Å². The third-order valence-corrected chi connectivity index (χ3v) is 10.7. The highest BCUT2D eigenvalue weighted by atomic mass is 16.7. The zero-order valence-electron chi connectivity index (χ0n) is 21.2. The molecule has 4 saturated carbocycles. The molecule has 0 amide bonds. The second-order valence-electron chi connectivity index (χ2n) is 13.0. The van der Waals surface area contributed by atoms with Crippen molar-refractivity contribution in [1.29, 1.82) is 0 Å². The van der Waals surface area contributed by atoms with Crippen LogP contribution in [0.5, 0.6) is 0 Å². The first kappa shape index (κ1) is 26.9. The lowest BCUT2D eigenvalue weighted by molar-refractivity contribution is -0.325. The van der Waals surface area contributed by atoms with Gasteiger partial charge in [-0.1, -0.05) is 26.0 Å². The summed E-state index contributed by atoms with van der Waals surface area (Å²) in [4.78, 5) is 0. The Morgan fingerprint density at radius 3 is 2.25 bits per heavy atom. The van der Waals surface area contributed by atoms with Crippen molar-refractivity contribution in [2.75, 3.05) is 6.61 Å². The molecule has 10 nitrogen and oxygen atoms in total. The van der Waals surface area contributed by atoms with E-state index in [0.717, 1.165) is 19.3 Å². The molecule has 1 saturated heterocycles. The molecular weight excluding hydrogens is 472 g/mol. The van der Waals surface area contributed by atoms with Gasteiger partial charge >= 0.3 is 0 Å². The predicted molar refractivity (Wildman–Crippen MR) is 125 cm³/mol. The summed E-state index contributed by atoms with van der Waals surface area (Å²) >= 11 is 0. The van der Waals surface area contributed by atoms with Crippen LogP contribution in [-0.4, -0.2) is 108 Å². The molecule has 5 rings (SSSR count). The smallest absolute Gasteiger partial charge is 0.187 e. The van der Waals surface area contributed by atoms with Gasteiger partial charge in [-0.3, -0.25) is 0 Å². The summed E-state index contributed by atoms with van der Waals surface area (Å²) in [5.41, 5.74) is -3.75. The van der Waals surface area contributed by atoms with Gasteiger partial charge in [-0.2, -0.15) is 0 Å². The van der Waals surface area contributed by atoms with Crippen LogP contribution in [0.25, 0.3) is 0 Å². The van der Waals surface area contributed by atoms with Gasteiger partial charge < -0.3 is 50.3 Å². The van der Waals surface area contributed by atoms with Crippen molar-refractivity contribution < 1.29 is 50.3 Å². The molecule has 1 aliphatic heterocycles. The fourth-order valence-corrected chi connectivity index (χ4v) is 8.83. The van der Waals surface area contributed by atoms with Crippen LogP contribution in [-0.2, 0) is 9.47 Å². The molecule has 0 unspecified atom stereocenters. The van der Waals surface area contributed by atoms with Crippen LogP contribution >= 0.6 is 0 Å². The first-order valence-corrected chi connectivity index (χ1v) is 13.1. The van der Waals surface area contributed by atoms with Crippen LogP contribution in [0.4, 0.5) is 0 Å². The van der Waals surface area contributed by atoms with E-state index < -0.39 is 83.6 Å². The van der Waals surface area contributed by atoms with E-state index >= 15 is 0 Å². The first-order valence-electron chi connectivity index (χ1n) is 13.1. The maximum atomic E-state index is 12.2. The van der Waals surface area contributed by atoms with Crippen LogP contribution < -0.4 is 0 Å². The van der Waals surface area contributed by atoms with E-state index in [4.69, 9.17) is 9.47 Å². The van der Waals surface area contributed by atoms with E-state index in [0.29, 0.717) is 12.0 Å². The lowest BCUT2D eigenvalue weighted by Gasteiger charge is -2.47. The molecule has 10 heteroatoms. The molecule has 0 aromatic rings. The van der Waals surface area contributed by atoms with Crippen molar-refractivity contribution in [3.63, 3.8) is 0 Å². The number of aliphatic hydroxyl groups excluding tert-OH is 6. The van der Waals surface area contributed by atoms with Gasteiger partial charge in [-0.05, 0) is 56.3 Å². The van der Waals surface area contributed by atoms with Gasteiger partial charge in [0, 0.05) is 11.3 Å². The normalized spacial score (nSPS) is 58.3. The molecule has 36 heavy (non-hydrogen) atoms. The summed E-state index contributed by atoms with van der Waals surface area (Å²) in [5.74, 6) is -0.932. The Balaban J connectivity index is 1.48. The number of ether oxygens (including phenoxy) is 2. The third kappa shape index (κ3) is 3.40. The van der Waals surface area contributed by atoms with Gasteiger partial charge in [-0.25, -0.2) is 0 Å². The number of hydrogen-bond donors (Lipinski definition) is 8. The summed E-state index contributed by atoms with van der Waals surface area (Å²) in [6.45, 7) is 8.90. The Hall–Kier alpha value is -0.660. The van der Waals surface area contributed by atoms with Crippen molar-refractivity contribution in [3.8, 4) is 0 Å². The maximum absolute atomic E-state index is 12.2. The van der Waals surface area contributed by atoms with Gasteiger partial charge in [0.05, 0.1) is 30.5 Å². The molecular formula is C26H42O10. The number of aliphatic hydroxyl groups is 8. The molecule has 8 N–H and O–H groups in total. The molecule has 5 aliphatic rings. The minimum atomic E-state index is -1.83. The maximum Gasteiger partial charge on any atom is 0.187 e. The van der Waals surface area contributed by atoms with Gasteiger partial charge in [0.25, 0.3) is 0 Å². The highest BCUT2D eigenvalue weighted by Crippen LogP contribution is 2.69. The highest BCUT2D eigenvalue weighted by molar-refractivity contribution is 5.32. The SMILES string of the molecule is C=C1[C@@H]2[C@H](O)[C@H](O[C@@H]3O[C@H](CO)[C@@H](O)[C@H](O)[C@H]3O)C(C)(C)[C@@]2(O)[C@H](O)C[C@@]23C[C@@H](CC[C@@H]12)[C@](C)(O)C3. The lowest BCUT2D eigenvalue weighted by Crippen LogP contribution is -2.61. The minimum Gasteiger partial charge on any atom is -0.394 e. The van der Waals surface area contributed by atoms with Gasteiger partial charge in [-0.15, -0.1) is 0 Å². The molecule has 2 bridgehead atoms. The molecule has 0 aromatic heterocycles. The average Bonchev–Trinajstić information content (AvgIpc) is 3.05. The quantitative estimate of drug-likeness (QED) is 0.213. The molecule has 1 spiro atoms. The predicted octanol–water partition coefficient (Wildman–Crippen LogP) is -1.20. The molecule has 5 fully saturated rings. The highest BCUT2D eigenvalue weighted by Gasteiger charge is 2.73. The monoisotopic (exact) mass is 514 g/mol. The largest absolute Gasteiger partial charge is 0.394 e. The summed E-state index contributed by atoms with van der Waals surface area (Å²) in [6, 6.07) is 0. The molecule has 0 radical (unpaired) electrons. The van der Waals surface area contributed by atoms with Crippen molar-refractivity contribution >= 4 is 0 Å². The molecule has 206 valence electrons. The third-order valence-electron chi connectivity index (χ3n) is 10.7. The molecule has 4 aliphatic carbocycles. The van der Waals surface area contributed by atoms with Crippen LogP contribution in [0.3, 0.4) is 0 Å². The van der Waals surface area contributed by atoms with E-state index in [-0.39, 0.29) is 18.3 Å². The van der Waals surface area contributed by atoms with Gasteiger partial charge in [0.15, 0.2) is 6.29 Å². The van der Waals surface area contributed by atoms with E-state index in [9.17, 15) is 40.9 Å². The van der Waals surface area contributed by atoms with E-state index in [1.807, 2.05) is 6.92 Å². The van der Waals surface area contributed by atoms with Crippen LogP contribution in [0.1, 0.15) is 52.9 Å². The number of rotatable bonds is 3. The number of fused-ring (bicyclic) bond motifs is 2. The Kier molecular flexibility index (Phi) is 6.30. The average molecular weight is 515 g/mol. The Bertz CT molecular complexity index is 890.